The molecule has 1 amide bonds. The van der Waals surface area contributed by atoms with E-state index in [2.05, 4.69) is 15.4 Å². The van der Waals surface area contributed by atoms with Crippen molar-refractivity contribution in [2.45, 2.75) is 26.3 Å². The summed E-state index contributed by atoms with van der Waals surface area (Å²) in [5, 5.41) is 5.79. The summed E-state index contributed by atoms with van der Waals surface area (Å²) in [4.78, 5) is 23.1. The van der Waals surface area contributed by atoms with E-state index in [1.807, 2.05) is 6.92 Å². The van der Waals surface area contributed by atoms with Crippen LogP contribution in [0.25, 0.3) is 0 Å². The Labute approximate surface area is 113 Å². The first-order valence-corrected chi connectivity index (χ1v) is 6.31. The van der Waals surface area contributed by atoms with Crippen LogP contribution < -0.4 is 10.6 Å². The van der Waals surface area contributed by atoms with E-state index in [4.69, 9.17) is 0 Å². The highest BCUT2D eigenvalue weighted by molar-refractivity contribution is 5.95. The number of methoxy groups -OCH3 is 1. The van der Waals surface area contributed by atoms with Crippen molar-refractivity contribution in [1.82, 2.24) is 5.32 Å². The van der Waals surface area contributed by atoms with E-state index >= 15 is 0 Å². The van der Waals surface area contributed by atoms with Crippen LogP contribution in [-0.2, 0) is 9.53 Å². The molecule has 2 N–H and O–H groups in total. The molecule has 0 bridgehead atoms. The zero-order valence-electron chi connectivity index (χ0n) is 11.5. The fourth-order valence-electron chi connectivity index (χ4n) is 1.58. The van der Waals surface area contributed by atoms with Crippen LogP contribution in [0.3, 0.4) is 0 Å². The molecule has 1 unspecified atom stereocenters. The minimum atomic E-state index is -0.459. The fourth-order valence-corrected chi connectivity index (χ4v) is 1.58. The van der Waals surface area contributed by atoms with Crippen molar-refractivity contribution in [3.05, 3.63) is 29.8 Å². The quantitative estimate of drug-likeness (QED) is 0.769. The lowest BCUT2D eigenvalue weighted by Gasteiger charge is -2.13. The fraction of sp³-hybridized carbons (Fsp3) is 0.429. The Bertz CT molecular complexity index is 446. The van der Waals surface area contributed by atoms with Crippen molar-refractivity contribution in [3.63, 3.8) is 0 Å². The zero-order chi connectivity index (χ0) is 14.3. The maximum absolute atomic E-state index is 11.8. The van der Waals surface area contributed by atoms with Gasteiger partial charge >= 0.3 is 5.97 Å². The van der Waals surface area contributed by atoms with Crippen LogP contribution in [0.5, 0.6) is 0 Å². The van der Waals surface area contributed by atoms with Gasteiger partial charge in [0, 0.05) is 17.8 Å². The normalized spacial score (nSPS) is 11.5. The van der Waals surface area contributed by atoms with Gasteiger partial charge in [0.15, 0.2) is 0 Å². The minimum Gasteiger partial charge on any atom is -0.467 e. The summed E-state index contributed by atoms with van der Waals surface area (Å²) in [5.74, 6) is -0.461. The lowest BCUT2D eigenvalue weighted by atomic mass is 10.1. The summed E-state index contributed by atoms with van der Waals surface area (Å²) < 4.78 is 4.63. The Morgan fingerprint density at radius 3 is 2.74 bits per heavy atom. The summed E-state index contributed by atoms with van der Waals surface area (Å²) >= 11 is 0. The van der Waals surface area contributed by atoms with Gasteiger partial charge in [-0.05, 0) is 31.5 Å². The summed E-state index contributed by atoms with van der Waals surface area (Å²) in [7, 11) is 1.34. The molecule has 104 valence electrons. The third-order valence-electron chi connectivity index (χ3n) is 2.60. The Hall–Kier alpha value is -2.04. The molecule has 0 spiro atoms. The number of hydrogen-bond acceptors (Lipinski definition) is 4. The molecule has 1 aromatic carbocycles. The van der Waals surface area contributed by atoms with Gasteiger partial charge in [0.2, 0.25) is 0 Å². The number of rotatable bonds is 6. The van der Waals surface area contributed by atoms with E-state index in [9.17, 15) is 9.59 Å². The van der Waals surface area contributed by atoms with Gasteiger partial charge in [-0.15, -0.1) is 0 Å². The van der Waals surface area contributed by atoms with Gasteiger partial charge in [0.1, 0.15) is 6.04 Å². The van der Waals surface area contributed by atoms with Crippen LogP contribution in [0.4, 0.5) is 5.69 Å². The molecule has 0 radical (unpaired) electrons. The first kappa shape index (κ1) is 15.0. The molecule has 19 heavy (non-hydrogen) atoms. The van der Waals surface area contributed by atoms with Gasteiger partial charge in [-0.25, -0.2) is 4.79 Å². The second-order valence-electron chi connectivity index (χ2n) is 4.23. The Morgan fingerprint density at radius 1 is 1.37 bits per heavy atom. The first-order chi connectivity index (χ1) is 9.08. The molecule has 5 heteroatoms. The third-order valence-corrected chi connectivity index (χ3v) is 2.60. The van der Waals surface area contributed by atoms with E-state index < -0.39 is 6.04 Å². The highest BCUT2D eigenvalue weighted by atomic mass is 16.5. The number of ether oxygens (including phenoxy) is 1. The number of hydrogen-bond donors (Lipinski definition) is 2. The van der Waals surface area contributed by atoms with Gasteiger partial charge in [0.05, 0.1) is 7.11 Å². The molecule has 0 saturated carbocycles. The van der Waals surface area contributed by atoms with Crippen LogP contribution in [-0.4, -0.2) is 31.6 Å². The average molecular weight is 264 g/mol. The number of anilines is 1. The molecule has 0 fully saturated rings. The lowest BCUT2D eigenvalue weighted by molar-refractivity contribution is -0.141. The van der Waals surface area contributed by atoms with Crippen molar-refractivity contribution < 1.29 is 14.3 Å². The lowest BCUT2D eigenvalue weighted by Crippen LogP contribution is -2.27. The number of nitrogens with one attached hydrogen (secondary N) is 2. The molecule has 1 atom stereocenters. The second-order valence-corrected chi connectivity index (χ2v) is 4.23. The van der Waals surface area contributed by atoms with Gasteiger partial charge in [-0.3, -0.25) is 4.79 Å². The largest absolute Gasteiger partial charge is 0.467 e. The SMILES string of the molecule is CCCNC(=O)c1cccc(NC(C)C(=O)OC)c1. The Kier molecular flexibility index (Phi) is 5.85. The van der Waals surface area contributed by atoms with Crippen LogP contribution in [0.2, 0.25) is 0 Å². The molecule has 0 saturated heterocycles. The summed E-state index contributed by atoms with van der Waals surface area (Å²) in [6, 6.07) is 6.56. The third kappa shape index (κ3) is 4.62. The van der Waals surface area contributed by atoms with E-state index in [-0.39, 0.29) is 11.9 Å². The smallest absolute Gasteiger partial charge is 0.327 e. The maximum atomic E-state index is 11.8. The first-order valence-electron chi connectivity index (χ1n) is 6.31. The maximum Gasteiger partial charge on any atom is 0.327 e. The molecule has 0 aromatic heterocycles. The molecule has 1 rings (SSSR count). The van der Waals surface area contributed by atoms with Crippen LogP contribution in [0, 0.1) is 0 Å². The number of esters is 1. The van der Waals surface area contributed by atoms with Crippen LogP contribution in [0.15, 0.2) is 24.3 Å². The van der Waals surface area contributed by atoms with Crippen LogP contribution in [0.1, 0.15) is 30.6 Å². The van der Waals surface area contributed by atoms with Gasteiger partial charge in [-0.1, -0.05) is 13.0 Å². The van der Waals surface area contributed by atoms with Crippen LogP contribution >= 0.6 is 0 Å². The average Bonchev–Trinajstić information content (AvgIpc) is 2.43. The Balaban J connectivity index is 2.71. The van der Waals surface area contributed by atoms with Crippen molar-refractivity contribution in [3.8, 4) is 0 Å². The standard InChI is InChI=1S/C14H20N2O3/c1-4-8-15-13(17)11-6-5-7-12(9-11)16-10(2)14(18)19-3/h5-7,9-10,16H,4,8H2,1-3H3,(H,15,17). The topological polar surface area (TPSA) is 67.4 Å². The van der Waals surface area contributed by atoms with E-state index in [0.717, 1.165) is 6.42 Å². The number of carbonyl (C=O) groups excluding carboxylic acids is 2. The second kappa shape index (κ2) is 7.41. The molecule has 0 aliphatic carbocycles. The molecule has 5 nitrogen and oxygen atoms in total. The molecule has 0 aliphatic heterocycles. The molecular weight excluding hydrogens is 244 g/mol. The van der Waals surface area contributed by atoms with Crippen molar-refractivity contribution in [2.75, 3.05) is 19.0 Å². The molecule has 0 heterocycles. The highest BCUT2D eigenvalue weighted by Crippen LogP contribution is 2.12. The zero-order valence-corrected chi connectivity index (χ0v) is 11.5. The van der Waals surface area contributed by atoms with E-state index in [1.54, 1.807) is 31.2 Å². The monoisotopic (exact) mass is 264 g/mol. The number of amides is 1. The predicted molar refractivity (Wildman–Crippen MR) is 74.2 cm³/mol. The summed E-state index contributed by atoms with van der Waals surface area (Å²) in [6.07, 6.45) is 0.892. The minimum absolute atomic E-state index is 0.115. The highest BCUT2D eigenvalue weighted by Gasteiger charge is 2.13. The van der Waals surface area contributed by atoms with Crippen molar-refractivity contribution >= 4 is 17.6 Å². The number of carbonyl (C=O) groups is 2. The van der Waals surface area contributed by atoms with Gasteiger partial charge < -0.3 is 15.4 Å². The molecule has 1 aromatic rings. The van der Waals surface area contributed by atoms with Crippen molar-refractivity contribution in [2.24, 2.45) is 0 Å². The van der Waals surface area contributed by atoms with Gasteiger partial charge in [0.25, 0.3) is 5.91 Å². The molecule has 0 aliphatic rings. The summed E-state index contributed by atoms with van der Waals surface area (Å²) in [6.45, 7) is 4.35. The Morgan fingerprint density at radius 2 is 2.11 bits per heavy atom. The van der Waals surface area contributed by atoms with Gasteiger partial charge in [-0.2, -0.15) is 0 Å². The predicted octanol–water partition coefficient (Wildman–Crippen LogP) is 1.80. The summed E-state index contributed by atoms with van der Waals surface area (Å²) in [5.41, 5.74) is 1.28. The van der Waals surface area contributed by atoms with E-state index in [0.29, 0.717) is 17.8 Å². The van der Waals surface area contributed by atoms with Crippen molar-refractivity contribution in [1.29, 1.82) is 0 Å². The number of benzene rings is 1. The van der Waals surface area contributed by atoms with E-state index in [1.165, 1.54) is 7.11 Å². The molecular formula is C14H20N2O3.